The molecule has 1 aromatic heterocycles. The summed E-state index contributed by atoms with van der Waals surface area (Å²) in [5, 5.41) is 15.1. The number of rotatable bonds is 3. The van der Waals surface area contributed by atoms with Crippen molar-refractivity contribution in [2.24, 2.45) is 5.92 Å². The first-order valence-corrected chi connectivity index (χ1v) is 5.21. The van der Waals surface area contributed by atoms with Crippen LogP contribution < -0.4 is 5.32 Å². The van der Waals surface area contributed by atoms with Crippen molar-refractivity contribution in [2.75, 3.05) is 0 Å². The molecule has 6 heteroatoms. The van der Waals surface area contributed by atoms with Gasteiger partial charge in [0.05, 0.1) is 11.6 Å². The lowest BCUT2D eigenvalue weighted by Gasteiger charge is -2.10. The van der Waals surface area contributed by atoms with E-state index < -0.39 is 11.9 Å². The average molecular weight is 236 g/mol. The van der Waals surface area contributed by atoms with Gasteiger partial charge in [-0.3, -0.25) is 9.59 Å². The second-order valence-electron chi connectivity index (χ2n) is 3.98. The Morgan fingerprint density at radius 3 is 2.82 bits per heavy atom. The summed E-state index contributed by atoms with van der Waals surface area (Å²) in [7, 11) is 0. The third kappa shape index (κ3) is 2.52. The van der Waals surface area contributed by atoms with E-state index in [2.05, 4.69) is 10.5 Å². The van der Waals surface area contributed by atoms with Gasteiger partial charge in [0.2, 0.25) is 5.76 Å². The molecule has 0 radical (unpaired) electrons. The SMILES string of the molecule is Cc1cc(C(=O)NC2C=CC(C(=O)O)C2)on1. The molecule has 0 aromatic carbocycles. The fraction of sp³-hybridized carbons (Fsp3) is 0.364. The zero-order valence-corrected chi connectivity index (χ0v) is 9.21. The smallest absolute Gasteiger partial charge is 0.310 e. The van der Waals surface area contributed by atoms with Crippen molar-refractivity contribution >= 4 is 11.9 Å². The first kappa shape index (κ1) is 11.4. The van der Waals surface area contributed by atoms with Gasteiger partial charge in [0.15, 0.2) is 0 Å². The Morgan fingerprint density at radius 2 is 2.29 bits per heavy atom. The lowest BCUT2D eigenvalue weighted by atomic mass is 10.1. The average Bonchev–Trinajstić information content (AvgIpc) is 2.86. The van der Waals surface area contributed by atoms with Crippen LogP contribution in [0.15, 0.2) is 22.7 Å². The zero-order valence-electron chi connectivity index (χ0n) is 9.21. The molecule has 1 heterocycles. The Kier molecular flexibility index (Phi) is 2.95. The van der Waals surface area contributed by atoms with Crippen molar-refractivity contribution in [1.29, 1.82) is 0 Å². The van der Waals surface area contributed by atoms with Gasteiger partial charge in [-0.2, -0.15) is 0 Å². The highest BCUT2D eigenvalue weighted by molar-refractivity contribution is 5.91. The van der Waals surface area contributed by atoms with Crippen molar-refractivity contribution in [3.8, 4) is 0 Å². The highest BCUT2D eigenvalue weighted by atomic mass is 16.5. The van der Waals surface area contributed by atoms with Crippen molar-refractivity contribution in [3.05, 3.63) is 29.7 Å². The number of aliphatic carboxylic acids is 1. The summed E-state index contributed by atoms with van der Waals surface area (Å²) in [6.07, 6.45) is 3.63. The number of carbonyl (C=O) groups excluding carboxylic acids is 1. The lowest BCUT2D eigenvalue weighted by molar-refractivity contribution is -0.140. The van der Waals surface area contributed by atoms with Crippen molar-refractivity contribution in [1.82, 2.24) is 10.5 Å². The molecule has 2 atom stereocenters. The molecular weight excluding hydrogens is 224 g/mol. The van der Waals surface area contributed by atoms with Gasteiger partial charge < -0.3 is 14.9 Å². The van der Waals surface area contributed by atoms with E-state index in [1.165, 1.54) is 6.07 Å². The Labute approximate surface area is 97.3 Å². The second-order valence-corrected chi connectivity index (χ2v) is 3.98. The van der Waals surface area contributed by atoms with Gasteiger partial charge in [0.25, 0.3) is 5.91 Å². The number of hydrogen-bond donors (Lipinski definition) is 2. The van der Waals surface area contributed by atoms with Crippen LogP contribution in [0.5, 0.6) is 0 Å². The van der Waals surface area contributed by atoms with E-state index in [0.29, 0.717) is 12.1 Å². The van der Waals surface area contributed by atoms with Gasteiger partial charge in [-0.25, -0.2) is 0 Å². The van der Waals surface area contributed by atoms with Crippen LogP contribution in [0.3, 0.4) is 0 Å². The number of hydrogen-bond acceptors (Lipinski definition) is 4. The zero-order chi connectivity index (χ0) is 12.4. The molecule has 0 saturated heterocycles. The molecule has 2 unspecified atom stereocenters. The highest BCUT2D eigenvalue weighted by Gasteiger charge is 2.26. The summed E-state index contributed by atoms with van der Waals surface area (Å²) in [5.74, 6) is -1.66. The Morgan fingerprint density at radius 1 is 1.53 bits per heavy atom. The monoisotopic (exact) mass is 236 g/mol. The Hall–Kier alpha value is -2.11. The van der Waals surface area contributed by atoms with Crippen LogP contribution in [0.4, 0.5) is 0 Å². The van der Waals surface area contributed by atoms with Crippen LogP contribution in [0.2, 0.25) is 0 Å². The molecule has 0 fully saturated rings. The van der Waals surface area contributed by atoms with E-state index in [0.717, 1.165) is 0 Å². The number of carboxylic acids is 1. The van der Waals surface area contributed by atoms with E-state index in [9.17, 15) is 9.59 Å². The van der Waals surface area contributed by atoms with Gasteiger partial charge >= 0.3 is 5.97 Å². The first-order valence-electron chi connectivity index (χ1n) is 5.21. The van der Waals surface area contributed by atoms with Crippen LogP contribution in [-0.2, 0) is 4.79 Å². The minimum Gasteiger partial charge on any atom is -0.481 e. The summed E-state index contributed by atoms with van der Waals surface area (Å²) in [5.41, 5.74) is 0.625. The fourth-order valence-electron chi connectivity index (χ4n) is 1.70. The maximum Gasteiger partial charge on any atom is 0.310 e. The van der Waals surface area contributed by atoms with Crippen LogP contribution in [0.25, 0.3) is 0 Å². The van der Waals surface area contributed by atoms with E-state index in [1.807, 2.05) is 0 Å². The molecule has 0 saturated carbocycles. The van der Waals surface area contributed by atoms with Crippen LogP contribution in [0.1, 0.15) is 22.7 Å². The Bertz CT molecular complexity index is 478. The van der Waals surface area contributed by atoms with Gasteiger partial charge in [-0.15, -0.1) is 0 Å². The molecule has 0 aliphatic heterocycles. The van der Waals surface area contributed by atoms with E-state index in [-0.39, 0.29) is 17.7 Å². The van der Waals surface area contributed by atoms with Crippen LogP contribution in [0, 0.1) is 12.8 Å². The standard InChI is InChI=1S/C11H12N2O4/c1-6-4-9(17-13-6)10(14)12-8-3-2-7(5-8)11(15)16/h2-4,7-8H,5H2,1H3,(H,12,14)(H,15,16). The summed E-state index contributed by atoms with van der Waals surface area (Å²) >= 11 is 0. The summed E-state index contributed by atoms with van der Waals surface area (Å²) in [6, 6.07) is 1.26. The fourth-order valence-corrected chi connectivity index (χ4v) is 1.70. The lowest BCUT2D eigenvalue weighted by Crippen LogP contribution is -2.33. The number of aromatic nitrogens is 1. The van der Waals surface area contributed by atoms with E-state index in [4.69, 9.17) is 9.63 Å². The number of amides is 1. The number of nitrogens with one attached hydrogen (secondary N) is 1. The minimum absolute atomic E-state index is 0.134. The Balaban J connectivity index is 1.93. The third-order valence-electron chi connectivity index (χ3n) is 2.57. The predicted molar refractivity (Wildman–Crippen MR) is 57.4 cm³/mol. The van der Waals surface area contributed by atoms with Gasteiger partial charge in [-0.1, -0.05) is 17.3 Å². The predicted octanol–water partition coefficient (Wildman–Crippen LogP) is 0.742. The van der Waals surface area contributed by atoms with Gasteiger partial charge in [0.1, 0.15) is 0 Å². The number of carboxylic acid groups (broad SMARTS) is 1. The molecule has 1 aromatic rings. The largest absolute Gasteiger partial charge is 0.481 e. The molecular formula is C11H12N2O4. The maximum absolute atomic E-state index is 11.7. The molecule has 0 bridgehead atoms. The minimum atomic E-state index is -0.881. The van der Waals surface area contributed by atoms with E-state index >= 15 is 0 Å². The third-order valence-corrected chi connectivity index (χ3v) is 2.57. The van der Waals surface area contributed by atoms with Crippen molar-refractivity contribution in [3.63, 3.8) is 0 Å². The quantitative estimate of drug-likeness (QED) is 0.755. The summed E-state index contributed by atoms with van der Waals surface area (Å²) in [6.45, 7) is 1.72. The summed E-state index contributed by atoms with van der Waals surface area (Å²) in [4.78, 5) is 22.4. The van der Waals surface area contributed by atoms with Gasteiger partial charge in [-0.05, 0) is 13.3 Å². The molecule has 1 aliphatic rings. The first-order chi connectivity index (χ1) is 8.06. The van der Waals surface area contributed by atoms with E-state index in [1.54, 1.807) is 19.1 Å². The number of nitrogens with zero attached hydrogens (tertiary/aromatic N) is 1. The maximum atomic E-state index is 11.7. The highest BCUT2D eigenvalue weighted by Crippen LogP contribution is 2.18. The molecule has 2 N–H and O–H groups in total. The van der Waals surface area contributed by atoms with Crippen LogP contribution in [-0.4, -0.2) is 28.2 Å². The van der Waals surface area contributed by atoms with Crippen molar-refractivity contribution < 1.29 is 19.2 Å². The molecule has 90 valence electrons. The normalized spacial score (nSPS) is 22.6. The molecule has 2 rings (SSSR count). The van der Waals surface area contributed by atoms with Crippen LogP contribution >= 0.6 is 0 Å². The summed E-state index contributed by atoms with van der Waals surface area (Å²) < 4.78 is 4.81. The molecule has 1 aliphatic carbocycles. The van der Waals surface area contributed by atoms with Crippen molar-refractivity contribution in [2.45, 2.75) is 19.4 Å². The molecule has 17 heavy (non-hydrogen) atoms. The second kappa shape index (κ2) is 4.40. The van der Waals surface area contributed by atoms with Gasteiger partial charge in [0, 0.05) is 12.1 Å². The molecule has 0 spiro atoms. The topological polar surface area (TPSA) is 92.4 Å². The molecule has 6 nitrogen and oxygen atoms in total. The number of carbonyl (C=O) groups is 2. The number of aryl methyl sites for hydroxylation is 1. The molecule has 1 amide bonds.